The second-order valence-corrected chi connectivity index (χ2v) is 5.64. The van der Waals surface area contributed by atoms with E-state index in [1.165, 1.54) is 10.2 Å². The lowest BCUT2D eigenvalue weighted by atomic mass is 9.74. The zero-order valence-electron chi connectivity index (χ0n) is 12.4. The van der Waals surface area contributed by atoms with Crippen LogP contribution in [0, 0.1) is 0 Å². The first-order chi connectivity index (χ1) is 10.8. The highest BCUT2D eigenvalue weighted by Gasteiger charge is 2.34. The summed E-state index contributed by atoms with van der Waals surface area (Å²) >= 11 is 0. The summed E-state index contributed by atoms with van der Waals surface area (Å²) in [7, 11) is 0. The van der Waals surface area contributed by atoms with Gasteiger partial charge in [-0.3, -0.25) is 4.79 Å². The van der Waals surface area contributed by atoms with Gasteiger partial charge in [-0.2, -0.15) is 0 Å². The molecule has 0 atom stereocenters. The van der Waals surface area contributed by atoms with Crippen molar-refractivity contribution in [1.82, 2.24) is 20.3 Å². The Kier molecular flexibility index (Phi) is 4.48. The van der Waals surface area contributed by atoms with Gasteiger partial charge in [0.1, 0.15) is 6.54 Å². The number of hydrogen-bond donors (Lipinski definition) is 1. The molecule has 2 heterocycles. The molecule has 1 aromatic heterocycles. The Morgan fingerprint density at radius 3 is 2.73 bits per heavy atom. The molecule has 0 unspecified atom stereocenters. The van der Waals surface area contributed by atoms with E-state index in [0.29, 0.717) is 6.54 Å². The number of amides is 1. The van der Waals surface area contributed by atoms with Gasteiger partial charge in [-0.15, -0.1) is 5.10 Å². The van der Waals surface area contributed by atoms with Crippen molar-refractivity contribution in [2.75, 3.05) is 19.8 Å². The lowest BCUT2D eigenvalue weighted by Gasteiger charge is -2.38. The number of nitrogens with zero attached hydrogens (tertiary/aromatic N) is 3. The minimum atomic E-state index is -0.0488. The van der Waals surface area contributed by atoms with Crippen LogP contribution in [-0.4, -0.2) is 40.7 Å². The smallest absolute Gasteiger partial charge is 0.241 e. The first-order valence-corrected chi connectivity index (χ1v) is 7.53. The van der Waals surface area contributed by atoms with Crippen molar-refractivity contribution < 1.29 is 9.53 Å². The predicted octanol–water partition coefficient (Wildman–Crippen LogP) is 1.14. The largest absolute Gasteiger partial charge is 0.381 e. The minimum Gasteiger partial charge on any atom is -0.381 e. The van der Waals surface area contributed by atoms with E-state index in [4.69, 9.17) is 4.74 Å². The van der Waals surface area contributed by atoms with Gasteiger partial charge in [0.15, 0.2) is 0 Å². The summed E-state index contributed by atoms with van der Waals surface area (Å²) in [5.41, 5.74) is 1.22. The first kappa shape index (κ1) is 14.7. The Morgan fingerprint density at radius 2 is 2.05 bits per heavy atom. The van der Waals surface area contributed by atoms with Crippen LogP contribution in [-0.2, 0) is 21.5 Å². The third kappa shape index (κ3) is 3.33. The predicted molar refractivity (Wildman–Crippen MR) is 81.2 cm³/mol. The second kappa shape index (κ2) is 6.70. The fourth-order valence-corrected chi connectivity index (χ4v) is 2.91. The number of aromatic nitrogens is 3. The maximum Gasteiger partial charge on any atom is 0.241 e. The Balaban J connectivity index is 1.67. The van der Waals surface area contributed by atoms with E-state index in [-0.39, 0.29) is 17.9 Å². The first-order valence-electron chi connectivity index (χ1n) is 7.53. The van der Waals surface area contributed by atoms with Gasteiger partial charge in [0.2, 0.25) is 5.91 Å². The Morgan fingerprint density at radius 1 is 1.27 bits per heavy atom. The molecule has 0 saturated carbocycles. The Bertz CT molecular complexity index is 592. The number of hydrogen-bond acceptors (Lipinski definition) is 4. The highest BCUT2D eigenvalue weighted by atomic mass is 16.5. The molecule has 1 N–H and O–H groups in total. The molecule has 0 radical (unpaired) electrons. The number of rotatable bonds is 5. The van der Waals surface area contributed by atoms with E-state index in [2.05, 4.69) is 27.8 Å². The summed E-state index contributed by atoms with van der Waals surface area (Å²) in [5.74, 6) is -0.0488. The SMILES string of the molecule is O=C(Cn1ccnn1)NCC1(c2ccccc2)CCOCC1. The number of carbonyl (C=O) groups is 1. The van der Waals surface area contributed by atoms with Crippen LogP contribution in [0.2, 0.25) is 0 Å². The van der Waals surface area contributed by atoms with E-state index in [1.807, 2.05) is 18.2 Å². The summed E-state index contributed by atoms with van der Waals surface area (Å²) in [4.78, 5) is 12.1. The molecule has 0 aliphatic carbocycles. The van der Waals surface area contributed by atoms with Crippen molar-refractivity contribution in [2.45, 2.75) is 24.8 Å². The van der Waals surface area contributed by atoms with Crippen LogP contribution >= 0.6 is 0 Å². The fourth-order valence-electron chi connectivity index (χ4n) is 2.91. The van der Waals surface area contributed by atoms with Gasteiger partial charge in [-0.1, -0.05) is 35.5 Å². The lowest BCUT2D eigenvalue weighted by Crippen LogP contribution is -2.45. The molecule has 116 valence electrons. The highest BCUT2D eigenvalue weighted by molar-refractivity contribution is 5.75. The maximum atomic E-state index is 12.1. The van der Waals surface area contributed by atoms with E-state index in [1.54, 1.807) is 12.4 Å². The normalized spacial score (nSPS) is 17.1. The van der Waals surface area contributed by atoms with Gasteiger partial charge in [-0.25, -0.2) is 4.68 Å². The quantitative estimate of drug-likeness (QED) is 0.899. The fraction of sp³-hybridized carbons (Fsp3) is 0.438. The summed E-state index contributed by atoms with van der Waals surface area (Å²) < 4.78 is 7.03. The van der Waals surface area contributed by atoms with Crippen molar-refractivity contribution in [1.29, 1.82) is 0 Å². The Hall–Kier alpha value is -2.21. The van der Waals surface area contributed by atoms with E-state index >= 15 is 0 Å². The van der Waals surface area contributed by atoms with Crippen LogP contribution in [0.1, 0.15) is 18.4 Å². The van der Waals surface area contributed by atoms with Crippen molar-refractivity contribution >= 4 is 5.91 Å². The molecule has 0 spiro atoms. The second-order valence-electron chi connectivity index (χ2n) is 5.64. The van der Waals surface area contributed by atoms with Crippen LogP contribution in [0.15, 0.2) is 42.7 Å². The molecule has 1 saturated heterocycles. The van der Waals surface area contributed by atoms with Crippen molar-refractivity contribution in [3.05, 3.63) is 48.3 Å². The van der Waals surface area contributed by atoms with Gasteiger partial charge in [0.05, 0.1) is 6.20 Å². The standard InChI is InChI=1S/C16H20N4O2/c21-15(12-20-9-8-18-19-20)17-13-16(6-10-22-11-7-16)14-4-2-1-3-5-14/h1-5,8-9H,6-7,10-13H2,(H,17,21). The zero-order chi connectivity index (χ0) is 15.3. The average molecular weight is 300 g/mol. The van der Waals surface area contributed by atoms with Crippen molar-refractivity contribution in [2.24, 2.45) is 0 Å². The average Bonchev–Trinajstić information content (AvgIpc) is 3.08. The molecule has 22 heavy (non-hydrogen) atoms. The molecule has 3 rings (SSSR count). The molecule has 1 amide bonds. The molecule has 0 bridgehead atoms. The van der Waals surface area contributed by atoms with Gasteiger partial charge >= 0.3 is 0 Å². The third-order valence-corrected chi connectivity index (χ3v) is 4.24. The van der Waals surface area contributed by atoms with Crippen molar-refractivity contribution in [3.8, 4) is 0 Å². The molecule has 6 nitrogen and oxygen atoms in total. The van der Waals surface area contributed by atoms with Crippen LogP contribution < -0.4 is 5.32 Å². The van der Waals surface area contributed by atoms with Crippen molar-refractivity contribution in [3.63, 3.8) is 0 Å². The van der Waals surface area contributed by atoms with Gasteiger partial charge in [-0.05, 0) is 18.4 Å². The summed E-state index contributed by atoms with van der Waals surface area (Å²) in [6.07, 6.45) is 5.08. The van der Waals surface area contributed by atoms with Crippen LogP contribution in [0.4, 0.5) is 0 Å². The monoisotopic (exact) mass is 300 g/mol. The van der Waals surface area contributed by atoms with Crippen LogP contribution in [0.5, 0.6) is 0 Å². The summed E-state index contributed by atoms with van der Waals surface area (Å²) in [5, 5.41) is 10.6. The van der Waals surface area contributed by atoms with Crippen LogP contribution in [0.25, 0.3) is 0 Å². The van der Waals surface area contributed by atoms with E-state index in [9.17, 15) is 4.79 Å². The lowest BCUT2D eigenvalue weighted by molar-refractivity contribution is -0.122. The molecule has 1 fully saturated rings. The van der Waals surface area contributed by atoms with E-state index < -0.39 is 0 Å². The van der Waals surface area contributed by atoms with Gasteiger partial charge in [0.25, 0.3) is 0 Å². The number of nitrogens with one attached hydrogen (secondary N) is 1. The maximum absolute atomic E-state index is 12.1. The third-order valence-electron chi connectivity index (χ3n) is 4.24. The molecule has 1 aliphatic rings. The Labute approximate surface area is 129 Å². The van der Waals surface area contributed by atoms with Gasteiger partial charge in [0, 0.05) is 31.4 Å². The molecule has 6 heteroatoms. The highest BCUT2D eigenvalue weighted by Crippen LogP contribution is 2.34. The minimum absolute atomic E-state index is 0.0441. The van der Waals surface area contributed by atoms with Gasteiger partial charge < -0.3 is 10.1 Å². The molecular weight excluding hydrogens is 280 g/mol. The number of benzene rings is 1. The van der Waals surface area contributed by atoms with Crippen LogP contribution in [0.3, 0.4) is 0 Å². The number of carbonyl (C=O) groups excluding carboxylic acids is 1. The molecule has 1 aliphatic heterocycles. The zero-order valence-corrected chi connectivity index (χ0v) is 12.4. The topological polar surface area (TPSA) is 69.0 Å². The molecule has 2 aromatic rings. The van der Waals surface area contributed by atoms with E-state index in [0.717, 1.165) is 26.1 Å². The summed E-state index contributed by atoms with van der Waals surface area (Å²) in [6, 6.07) is 10.4. The molecular formula is C16H20N4O2. The molecule has 1 aromatic carbocycles. The summed E-state index contributed by atoms with van der Waals surface area (Å²) in [6.45, 7) is 2.27. The number of ether oxygens (including phenoxy) is 1.